The molecule has 0 fully saturated rings. The molecular formula is C15H13FN2. The first-order valence-electron chi connectivity index (χ1n) is 5.86. The first-order valence-corrected chi connectivity index (χ1v) is 5.86. The van der Waals surface area contributed by atoms with E-state index in [0.29, 0.717) is 0 Å². The van der Waals surface area contributed by atoms with Gasteiger partial charge in [-0.15, -0.1) is 0 Å². The number of nitrogens with zero attached hydrogens (tertiary/aromatic N) is 1. The molecule has 0 saturated carbocycles. The lowest BCUT2D eigenvalue weighted by Gasteiger charge is -2.03. The fraction of sp³-hybridized carbons (Fsp3) is 0.133. The number of halogens is 1. The predicted octanol–water partition coefficient (Wildman–Crippen LogP) is 3.99. The summed E-state index contributed by atoms with van der Waals surface area (Å²) in [6, 6.07) is 10.8. The number of aromatic amines is 1. The summed E-state index contributed by atoms with van der Waals surface area (Å²) in [4.78, 5) is 7.67. The van der Waals surface area contributed by atoms with E-state index in [1.54, 1.807) is 6.07 Å². The zero-order valence-electron chi connectivity index (χ0n) is 10.3. The minimum Gasteiger partial charge on any atom is -0.338 e. The number of rotatable bonds is 1. The highest BCUT2D eigenvalue weighted by Crippen LogP contribution is 2.24. The summed E-state index contributed by atoms with van der Waals surface area (Å²) < 4.78 is 13.1. The van der Waals surface area contributed by atoms with E-state index in [2.05, 4.69) is 28.2 Å². The van der Waals surface area contributed by atoms with Crippen LogP contribution >= 0.6 is 0 Å². The first kappa shape index (κ1) is 11.0. The minimum atomic E-state index is -0.251. The summed E-state index contributed by atoms with van der Waals surface area (Å²) in [5.74, 6) is 0.537. The molecule has 1 N–H and O–H groups in total. The van der Waals surface area contributed by atoms with Crippen LogP contribution < -0.4 is 0 Å². The van der Waals surface area contributed by atoms with E-state index in [1.807, 2.05) is 13.8 Å². The van der Waals surface area contributed by atoms with Gasteiger partial charge in [0.2, 0.25) is 0 Å². The molecule has 3 heteroatoms. The molecule has 0 aliphatic rings. The molecule has 0 saturated heterocycles. The van der Waals surface area contributed by atoms with Crippen LogP contribution in [-0.4, -0.2) is 9.97 Å². The number of hydrogen-bond donors (Lipinski definition) is 1. The predicted molar refractivity (Wildman–Crippen MR) is 71.0 cm³/mol. The number of H-pyrrole nitrogens is 1. The summed E-state index contributed by atoms with van der Waals surface area (Å²) in [6.07, 6.45) is 0. The van der Waals surface area contributed by atoms with Crippen LogP contribution in [0, 0.1) is 19.7 Å². The SMILES string of the molecule is Cc1ccc(C)c(-c2nc3ccc(F)cc3[nH]2)c1. The summed E-state index contributed by atoms with van der Waals surface area (Å²) in [5.41, 5.74) is 4.91. The normalized spacial score (nSPS) is 11.1. The molecular weight excluding hydrogens is 227 g/mol. The number of aryl methyl sites for hydroxylation is 2. The highest BCUT2D eigenvalue weighted by Gasteiger charge is 2.08. The first-order chi connectivity index (χ1) is 8.63. The van der Waals surface area contributed by atoms with Crippen LogP contribution in [0.4, 0.5) is 4.39 Å². The van der Waals surface area contributed by atoms with Gasteiger partial charge in [-0.1, -0.05) is 17.7 Å². The van der Waals surface area contributed by atoms with Crippen LogP contribution in [0.25, 0.3) is 22.4 Å². The van der Waals surface area contributed by atoms with Crippen molar-refractivity contribution in [3.05, 3.63) is 53.3 Å². The number of nitrogens with one attached hydrogen (secondary N) is 1. The number of hydrogen-bond acceptors (Lipinski definition) is 1. The van der Waals surface area contributed by atoms with Gasteiger partial charge in [0.05, 0.1) is 11.0 Å². The van der Waals surface area contributed by atoms with E-state index in [9.17, 15) is 4.39 Å². The van der Waals surface area contributed by atoms with Gasteiger partial charge in [-0.05, 0) is 43.7 Å². The zero-order chi connectivity index (χ0) is 12.7. The van der Waals surface area contributed by atoms with E-state index in [4.69, 9.17) is 0 Å². The topological polar surface area (TPSA) is 28.7 Å². The molecule has 0 bridgehead atoms. The maximum absolute atomic E-state index is 13.1. The molecule has 0 spiro atoms. The molecule has 0 aliphatic heterocycles. The molecule has 90 valence electrons. The second-order valence-electron chi connectivity index (χ2n) is 4.57. The van der Waals surface area contributed by atoms with Crippen molar-refractivity contribution in [3.63, 3.8) is 0 Å². The van der Waals surface area contributed by atoms with Gasteiger partial charge < -0.3 is 4.98 Å². The number of fused-ring (bicyclic) bond motifs is 1. The molecule has 0 atom stereocenters. The Bertz CT molecular complexity index is 728. The van der Waals surface area contributed by atoms with E-state index in [-0.39, 0.29) is 5.82 Å². The summed E-state index contributed by atoms with van der Waals surface area (Å²) in [6.45, 7) is 4.09. The van der Waals surface area contributed by atoms with Gasteiger partial charge in [0.25, 0.3) is 0 Å². The van der Waals surface area contributed by atoms with Crippen LogP contribution in [0.5, 0.6) is 0 Å². The third-order valence-electron chi connectivity index (χ3n) is 3.09. The lowest BCUT2D eigenvalue weighted by molar-refractivity contribution is 0.629. The fourth-order valence-corrected chi connectivity index (χ4v) is 2.10. The molecule has 3 rings (SSSR count). The monoisotopic (exact) mass is 240 g/mol. The smallest absolute Gasteiger partial charge is 0.138 e. The molecule has 0 aliphatic carbocycles. The Balaban J connectivity index is 2.22. The highest BCUT2D eigenvalue weighted by molar-refractivity contribution is 5.80. The number of aromatic nitrogens is 2. The molecule has 2 aromatic carbocycles. The van der Waals surface area contributed by atoms with Crippen molar-refractivity contribution in [2.75, 3.05) is 0 Å². The molecule has 18 heavy (non-hydrogen) atoms. The molecule has 1 heterocycles. The molecule has 3 aromatic rings. The van der Waals surface area contributed by atoms with Gasteiger partial charge in [0, 0.05) is 5.56 Å². The third kappa shape index (κ3) is 1.78. The van der Waals surface area contributed by atoms with Crippen molar-refractivity contribution in [1.82, 2.24) is 9.97 Å². The summed E-state index contributed by atoms with van der Waals surface area (Å²) in [5, 5.41) is 0. The van der Waals surface area contributed by atoms with Crippen LogP contribution in [0.3, 0.4) is 0 Å². The second kappa shape index (κ2) is 3.95. The van der Waals surface area contributed by atoms with Gasteiger partial charge in [0.15, 0.2) is 0 Å². The quantitative estimate of drug-likeness (QED) is 0.684. The highest BCUT2D eigenvalue weighted by atomic mass is 19.1. The van der Waals surface area contributed by atoms with Crippen molar-refractivity contribution in [1.29, 1.82) is 0 Å². The largest absolute Gasteiger partial charge is 0.338 e. The minimum absolute atomic E-state index is 0.251. The second-order valence-corrected chi connectivity index (χ2v) is 4.57. The lowest BCUT2D eigenvalue weighted by atomic mass is 10.1. The Morgan fingerprint density at radius 3 is 2.72 bits per heavy atom. The molecule has 0 amide bonds. The standard InChI is InChI=1S/C15H13FN2/c1-9-3-4-10(2)12(7-9)15-17-13-6-5-11(16)8-14(13)18-15/h3-8H,1-2H3,(H,17,18). The van der Waals surface area contributed by atoms with Crippen LogP contribution in [0.15, 0.2) is 36.4 Å². The average molecular weight is 240 g/mol. The van der Waals surface area contributed by atoms with Gasteiger partial charge in [-0.2, -0.15) is 0 Å². The summed E-state index contributed by atoms with van der Waals surface area (Å²) >= 11 is 0. The Morgan fingerprint density at radius 2 is 1.89 bits per heavy atom. The number of benzene rings is 2. The van der Waals surface area contributed by atoms with Crippen LogP contribution in [0.2, 0.25) is 0 Å². The molecule has 0 unspecified atom stereocenters. The maximum Gasteiger partial charge on any atom is 0.138 e. The number of imidazole rings is 1. The van der Waals surface area contributed by atoms with Crippen LogP contribution in [0.1, 0.15) is 11.1 Å². The van der Waals surface area contributed by atoms with E-state index in [1.165, 1.54) is 17.7 Å². The Hall–Kier alpha value is -2.16. The van der Waals surface area contributed by atoms with Crippen molar-refractivity contribution < 1.29 is 4.39 Å². The van der Waals surface area contributed by atoms with Crippen molar-refractivity contribution in [3.8, 4) is 11.4 Å². The maximum atomic E-state index is 13.1. The Labute approximate surface area is 104 Å². The average Bonchev–Trinajstić information content (AvgIpc) is 2.74. The van der Waals surface area contributed by atoms with Crippen molar-refractivity contribution in [2.24, 2.45) is 0 Å². The molecule has 1 aromatic heterocycles. The summed E-state index contributed by atoms with van der Waals surface area (Å²) in [7, 11) is 0. The van der Waals surface area contributed by atoms with E-state index >= 15 is 0 Å². The van der Waals surface area contributed by atoms with E-state index < -0.39 is 0 Å². The van der Waals surface area contributed by atoms with Gasteiger partial charge >= 0.3 is 0 Å². The van der Waals surface area contributed by atoms with Gasteiger partial charge in [-0.3, -0.25) is 0 Å². The Morgan fingerprint density at radius 1 is 1.06 bits per heavy atom. The fourth-order valence-electron chi connectivity index (χ4n) is 2.10. The molecule has 0 radical (unpaired) electrons. The zero-order valence-corrected chi connectivity index (χ0v) is 10.3. The lowest BCUT2D eigenvalue weighted by Crippen LogP contribution is -1.86. The third-order valence-corrected chi connectivity index (χ3v) is 3.09. The van der Waals surface area contributed by atoms with E-state index in [0.717, 1.165) is 28.0 Å². The van der Waals surface area contributed by atoms with Crippen molar-refractivity contribution in [2.45, 2.75) is 13.8 Å². The van der Waals surface area contributed by atoms with Gasteiger partial charge in [-0.25, -0.2) is 9.37 Å². The molecule has 2 nitrogen and oxygen atoms in total. The van der Waals surface area contributed by atoms with Crippen LogP contribution in [-0.2, 0) is 0 Å². The Kier molecular flexibility index (Phi) is 2.40. The van der Waals surface area contributed by atoms with Crippen molar-refractivity contribution >= 4 is 11.0 Å². The van der Waals surface area contributed by atoms with Gasteiger partial charge in [0.1, 0.15) is 11.6 Å².